The average Bonchev–Trinajstić information content (AvgIpc) is 2.81. The van der Waals surface area contributed by atoms with Gasteiger partial charge < -0.3 is 24.8 Å². The molecule has 0 aliphatic carbocycles. The number of carbonyl (C=O) groups is 2. The summed E-state index contributed by atoms with van der Waals surface area (Å²) in [6, 6.07) is 21.1. The summed E-state index contributed by atoms with van der Waals surface area (Å²) in [6.07, 6.45) is 3.62. The molecule has 1 aliphatic heterocycles. The highest BCUT2D eigenvalue weighted by Crippen LogP contribution is 2.27. The van der Waals surface area contributed by atoms with Crippen molar-refractivity contribution in [3.05, 3.63) is 90.5 Å². The van der Waals surface area contributed by atoms with Crippen LogP contribution in [0.3, 0.4) is 0 Å². The fourth-order valence-corrected chi connectivity index (χ4v) is 3.10. The van der Waals surface area contributed by atoms with Gasteiger partial charge in [-0.25, -0.2) is 0 Å². The molecule has 0 aromatic heterocycles. The van der Waals surface area contributed by atoms with Gasteiger partial charge in [-0.2, -0.15) is 0 Å². The first-order valence-corrected chi connectivity index (χ1v) is 10.1. The van der Waals surface area contributed by atoms with Gasteiger partial charge in [-0.15, -0.1) is 0 Å². The van der Waals surface area contributed by atoms with Crippen LogP contribution in [0.15, 0.2) is 84.9 Å². The third kappa shape index (κ3) is 5.26. The molecule has 0 fully saturated rings. The van der Waals surface area contributed by atoms with Gasteiger partial charge in [0.2, 0.25) is 0 Å². The van der Waals surface area contributed by atoms with Crippen LogP contribution < -0.4 is 24.8 Å². The molecule has 3 aromatic rings. The van der Waals surface area contributed by atoms with E-state index in [0.717, 1.165) is 0 Å². The number of anilines is 2. The van der Waals surface area contributed by atoms with Crippen LogP contribution >= 0.6 is 0 Å². The molecule has 0 spiro atoms. The summed E-state index contributed by atoms with van der Waals surface area (Å²) in [5, 5.41) is 5.63. The van der Waals surface area contributed by atoms with Crippen molar-refractivity contribution in [2.24, 2.45) is 0 Å². The molecule has 4 rings (SSSR count). The van der Waals surface area contributed by atoms with Gasteiger partial charge in [0.05, 0.1) is 16.9 Å². The van der Waals surface area contributed by atoms with Crippen molar-refractivity contribution >= 4 is 23.2 Å². The Hall–Kier alpha value is -4.26. The van der Waals surface area contributed by atoms with E-state index in [0.29, 0.717) is 40.8 Å². The smallest absolute Gasteiger partial charge is 0.262 e. The maximum atomic E-state index is 12.9. The van der Waals surface area contributed by atoms with Crippen molar-refractivity contribution in [2.75, 3.05) is 30.5 Å². The molecule has 1 heterocycles. The lowest BCUT2D eigenvalue weighted by Gasteiger charge is -2.15. The van der Waals surface area contributed by atoms with Crippen LogP contribution in [0.2, 0.25) is 0 Å². The minimum atomic E-state index is -0.349. The topological polar surface area (TPSA) is 85.9 Å². The van der Waals surface area contributed by atoms with Crippen molar-refractivity contribution in [1.29, 1.82) is 0 Å². The zero-order valence-electron chi connectivity index (χ0n) is 17.2. The summed E-state index contributed by atoms with van der Waals surface area (Å²) >= 11 is 0. The Balaban J connectivity index is 1.62. The van der Waals surface area contributed by atoms with E-state index in [2.05, 4.69) is 10.6 Å². The van der Waals surface area contributed by atoms with Crippen LogP contribution in [-0.4, -0.2) is 31.6 Å². The Morgan fingerprint density at radius 3 is 1.84 bits per heavy atom. The SMILES string of the molecule is O=C1COc2ccccc2NC(=O)c2ccccc2OC/C=C\COc2ccccc2N1. The summed E-state index contributed by atoms with van der Waals surface area (Å²) in [6.45, 7) is 0.328. The molecule has 0 saturated heterocycles. The average molecular weight is 430 g/mol. The molecule has 0 unspecified atom stereocenters. The molecule has 0 radical (unpaired) electrons. The lowest BCUT2D eigenvalue weighted by Crippen LogP contribution is -2.21. The summed E-state index contributed by atoms with van der Waals surface area (Å²) in [4.78, 5) is 25.4. The maximum absolute atomic E-state index is 12.9. The minimum absolute atomic E-state index is 0.235. The highest BCUT2D eigenvalue weighted by atomic mass is 16.5. The van der Waals surface area contributed by atoms with E-state index in [1.165, 1.54) is 0 Å². The van der Waals surface area contributed by atoms with Gasteiger partial charge in [0.15, 0.2) is 6.61 Å². The van der Waals surface area contributed by atoms with Crippen LogP contribution in [0, 0.1) is 0 Å². The second kappa shape index (κ2) is 10.2. The number of hydrogen-bond donors (Lipinski definition) is 2. The molecule has 7 nitrogen and oxygen atoms in total. The predicted octanol–water partition coefficient (Wildman–Crippen LogP) is 4.28. The Morgan fingerprint density at radius 2 is 1.12 bits per heavy atom. The number of rotatable bonds is 0. The first-order valence-electron chi connectivity index (χ1n) is 10.1. The summed E-state index contributed by atoms with van der Waals surface area (Å²) in [7, 11) is 0. The van der Waals surface area contributed by atoms with E-state index in [-0.39, 0.29) is 25.0 Å². The number of carbonyl (C=O) groups excluding carboxylic acids is 2. The molecule has 2 N–H and O–H groups in total. The van der Waals surface area contributed by atoms with Crippen molar-refractivity contribution < 1.29 is 23.8 Å². The standard InChI is InChI=1S/C25H22N2O5/c28-24-17-32-23-14-6-3-11-20(23)27-25(29)18-9-1-4-12-21(18)30-15-7-8-16-31-22-13-5-2-10-19(22)26-24/h1-14H,15-17H2,(H,26,28)(H,27,29)/b8-7-. The lowest BCUT2D eigenvalue weighted by molar-refractivity contribution is -0.118. The Morgan fingerprint density at radius 1 is 0.594 bits per heavy atom. The van der Waals surface area contributed by atoms with Crippen molar-refractivity contribution in [1.82, 2.24) is 0 Å². The van der Waals surface area contributed by atoms with Gasteiger partial charge >= 0.3 is 0 Å². The Bertz CT molecular complexity index is 1140. The number of para-hydroxylation sites is 5. The van der Waals surface area contributed by atoms with E-state index in [4.69, 9.17) is 14.2 Å². The van der Waals surface area contributed by atoms with E-state index in [9.17, 15) is 9.59 Å². The van der Waals surface area contributed by atoms with Crippen molar-refractivity contribution in [2.45, 2.75) is 0 Å². The zero-order valence-corrected chi connectivity index (χ0v) is 17.2. The van der Waals surface area contributed by atoms with Crippen LogP contribution in [0.5, 0.6) is 17.2 Å². The highest BCUT2D eigenvalue weighted by molar-refractivity contribution is 6.07. The van der Waals surface area contributed by atoms with Gasteiger partial charge in [-0.05, 0) is 48.6 Å². The van der Waals surface area contributed by atoms with Crippen LogP contribution in [0.1, 0.15) is 10.4 Å². The Kier molecular flexibility index (Phi) is 6.67. The quantitative estimate of drug-likeness (QED) is 0.520. The fraction of sp³-hybridized carbons (Fsp3) is 0.120. The summed E-state index contributed by atoms with van der Waals surface area (Å²) < 4.78 is 17.2. The molecule has 0 bridgehead atoms. The minimum Gasteiger partial charge on any atom is -0.489 e. The molecule has 0 saturated carbocycles. The van der Waals surface area contributed by atoms with Crippen LogP contribution in [0.4, 0.5) is 11.4 Å². The van der Waals surface area contributed by atoms with Gasteiger partial charge in [0, 0.05) is 0 Å². The molecule has 1 aliphatic rings. The zero-order chi connectivity index (χ0) is 22.2. The molecule has 2 amide bonds. The van der Waals surface area contributed by atoms with E-state index < -0.39 is 0 Å². The van der Waals surface area contributed by atoms with E-state index in [1.54, 1.807) is 66.7 Å². The Labute approximate surface area is 185 Å². The van der Waals surface area contributed by atoms with Gasteiger partial charge in [0.25, 0.3) is 11.8 Å². The summed E-state index contributed by atoms with van der Waals surface area (Å²) in [5.74, 6) is 0.689. The third-order valence-corrected chi connectivity index (χ3v) is 4.62. The lowest BCUT2D eigenvalue weighted by atomic mass is 10.1. The number of amides is 2. The molecule has 0 atom stereocenters. The predicted molar refractivity (Wildman–Crippen MR) is 122 cm³/mol. The van der Waals surface area contributed by atoms with Gasteiger partial charge in [-0.3, -0.25) is 9.59 Å². The highest BCUT2D eigenvalue weighted by Gasteiger charge is 2.15. The van der Waals surface area contributed by atoms with Crippen LogP contribution in [-0.2, 0) is 4.79 Å². The molecule has 7 heteroatoms. The third-order valence-electron chi connectivity index (χ3n) is 4.62. The number of nitrogens with one attached hydrogen (secondary N) is 2. The molecular formula is C25H22N2O5. The van der Waals surface area contributed by atoms with Gasteiger partial charge in [0.1, 0.15) is 30.5 Å². The van der Waals surface area contributed by atoms with E-state index in [1.807, 2.05) is 18.2 Å². The first-order chi connectivity index (χ1) is 15.7. The second-order valence-electron chi connectivity index (χ2n) is 6.87. The number of hydrogen-bond acceptors (Lipinski definition) is 5. The second-order valence-corrected chi connectivity index (χ2v) is 6.87. The maximum Gasteiger partial charge on any atom is 0.262 e. The van der Waals surface area contributed by atoms with Gasteiger partial charge in [-0.1, -0.05) is 36.4 Å². The van der Waals surface area contributed by atoms with E-state index >= 15 is 0 Å². The normalized spacial score (nSPS) is 15.5. The number of benzene rings is 3. The largest absolute Gasteiger partial charge is 0.489 e. The molecular weight excluding hydrogens is 408 g/mol. The number of ether oxygens (including phenoxy) is 3. The van der Waals surface area contributed by atoms with Crippen LogP contribution in [0.25, 0.3) is 0 Å². The molecule has 162 valence electrons. The number of fused-ring (bicyclic) bond motifs is 3. The first kappa shape index (κ1) is 21.0. The molecule has 3 aromatic carbocycles. The fourth-order valence-electron chi connectivity index (χ4n) is 3.10. The summed E-state index contributed by atoms with van der Waals surface area (Å²) in [5.41, 5.74) is 1.38. The monoisotopic (exact) mass is 430 g/mol. The van der Waals surface area contributed by atoms with Crippen molar-refractivity contribution in [3.63, 3.8) is 0 Å². The van der Waals surface area contributed by atoms with Crippen molar-refractivity contribution in [3.8, 4) is 17.2 Å². The molecule has 32 heavy (non-hydrogen) atoms.